The Morgan fingerprint density at radius 2 is 0.731 bits per heavy atom. The van der Waals surface area contributed by atoms with Gasteiger partial charge in [0.15, 0.2) is 12.2 Å². The minimum Gasteiger partial charge on any atom is -0.756 e. The van der Waals surface area contributed by atoms with E-state index in [2.05, 4.69) is 79.7 Å². The third-order valence-electron chi connectivity index (χ3n) is 16.1. The van der Waals surface area contributed by atoms with Gasteiger partial charge in [-0.3, -0.25) is 28.3 Å². The van der Waals surface area contributed by atoms with Gasteiger partial charge in [-0.15, -0.1) is 0 Å². The van der Waals surface area contributed by atoms with Gasteiger partial charge in [0.2, 0.25) is 0 Å². The van der Waals surface area contributed by atoms with Crippen LogP contribution in [0.2, 0.25) is 0 Å². The number of carbonyl (C=O) groups is 4. The van der Waals surface area contributed by atoms with Crippen LogP contribution < -0.4 is 68.9 Å². The number of carbonyl (C=O) groups excluding carboxylic acids is 4. The van der Waals surface area contributed by atoms with Gasteiger partial charge >= 0.3 is 83.0 Å². The van der Waals surface area contributed by atoms with Crippen LogP contribution in [-0.4, -0.2) is 86.9 Å². The van der Waals surface area contributed by atoms with E-state index in [-0.39, 0.29) is 84.8 Å². The predicted molar refractivity (Wildman–Crippen MR) is 363 cm³/mol. The molecule has 1 aliphatic carbocycles. The molecule has 1 aliphatic rings. The molecular formula is C72H132Na2O17P2. The topological polar surface area (TPSA) is 243 Å². The van der Waals surface area contributed by atoms with Crippen molar-refractivity contribution in [1.29, 1.82) is 0 Å². The summed E-state index contributed by atoms with van der Waals surface area (Å²) in [5, 5.41) is 10.4. The van der Waals surface area contributed by atoms with Gasteiger partial charge in [0, 0.05) is 25.7 Å². The first-order valence-electron chi connectivity index (χ1n) is 36.2. The summed E-state index contributed by atoms with van der Waals surface area (Å²) in [6.07, 6.45) is 48.4. The van der Waals surface area contributed by atoms with Gasteiger partial charge in [0.05, 0.1) is 26.4 Å². The summed E-state index contributed by atoms with van der Waals surface area (Å²) >= 11 is 0. The maximum Gasteiger partial charge on any atom is 1.00 e. The van der Waals surface area contributed by atoms with Crippen LogP contribution in [0.3, 0.4) is 0 Å². The number of hydrogen-bond donors (Lipinski definition) is 1. The van der Waals surface area contributed by atoms with Crippen molar-refractivity contribution in [1.82, 2.24) is 0 Å². The van der Waals surface area contributed by atoms with E-state index in [0.29, 0.717) is 31.1 Å². The number of phosphoric ester groups is 2. The van der Waals surface area contributed by atoms with E-state index in [1.54, 1.807) is 0 Å². The molecule has 0 aromatic rings. The van der Waals surface area contributed by atoms with Crippen LogP contribution in [0.1, 0.15) is 338 Å². The maximum absolute atomic E-state index is 12.8. The summed E-state index contributed by atoms with van der Waals surface area (Å²) in [6, 6.07) is 0. The van der Waals surface area contributed by atoms with Crippen molar-refractivity contribution >= 4 is 39.5 Å². The van der Waals surface area contributed by atoms with Gasteiger partial charge in [-0.05, 0) is 70.6 Å². The molecule has 4 unspecified atom stereocenters. The Hall–Kier alpha value is -0.720. The number of rotatable bonds is 58. The van der Waals surface area contributed by atoms with Gasteiger partial charge in [0.1, 0.15) is 19.3 Å². The van der Waals surface area contributed by atoms with E-state index < -0.39 is 97.5 Å². The maximum atomic E-state index is 12.8. The minimum atomic E-state index is -5.20. The molecule has 1 N–H and O–H groups in total. The van der Waals surface area contributed by atoms with Crippen LogP contribution in [0.15, 0.2) is 35.5 Å². The first-order valence-corrected chi connectivity index (χ1v) is 39.2. The minimum absolute atomic E-state index is 0. The molecule has 21 heteroatoms. The quantitative estimate of drug-likeness (QED) is 0.0149. The van der Waals surface area contributed by atoms with Crippen molar-refractivity contribution in [3.05, 3.63) is 35.5 Å². The number of phosphoric acid groups is 2. The SMILES string of the molecule is CC1=CCCC(C)=CCC(C)(C)C=CC1.CCCCCCCCCCCC(=O)OCC(COP(=O)([O-])OCC(O)COP(=O)([O-])OCC(COC(=O)CCCCCCCCCCC)OC(=O)CCCCCCCCCCC)OC(=O)CCCCCCCCCCC.[Na+].[Na+]. The monoisotopic (exact) mass is 1380 g/mol. The Morgan fingerprint density at radius 3 is 1.05 bits per heavy atom. The number of esters is 4. The van der Waals surface area contributed by atoms with Crippen molar-refractivity contribution < 1.29 is 139 Å². The normalized spacial score (nSPS) is 15.4. The Labute approximate surface area is 610 Å². The molecule has 0 fully saturated rings. The molecule has 534 valence electrons. The van der Waals surface area contributed by atoms with Crippen LogP contribution in [0.25, 0.3) is 0 Å². The van der Waals surface area contributed by atoms with E-state index in [1.165, 1.54) is 127 Å². The number of aliphatic hydroxyl groups is 1. The fraction of sp³-hybridized carbons (Fsp3) is 0.861. The van der Waals surface area contributed by atoms with Crippen LogP contribution in [-0.2, 0) is 65.4 Å². The molecule has 0 amide bonds. The molecule has 0 spiro atoms. The van der Waals surface area contributed by atoms with Crippen molar-refractivity contribution in [2.45, 2.75) is 356 Å². The fourth-order valence-corrected chi connectivity index (χ4v) is 11.7. The van der Waals surface area contributed by atoms with Crippen molar-refractivity contribution in [2.24, 2.45) is 5.41 Å². The molecule has 0 aromatic carbocycles. The zero-order chi connectivity index (χ0) is 67.5. The second-order valence-electron chi connectivity index (χ2n) is 26.1. The Balaban J connectivity index is -0.00000414. The van der Waals surface area contributed by atoms with E-state index in [0.717, 1.165) is 116 Å². The van der Waals surface area contributed by atoms with Gasteiger partial charge in [-0.25, -0.2) is 0 Å². The molecular weight excluding hydrogens is 1240 g/mol. The largest absolute Gasteiger partial charge is 1.00 e. The van der Waals surface area contributed by atoms with E-state index in [4.69, 9.17) is 37.0 Å². The molecule has 0 radical (unpaired) electrons. The molecule has 0 aliphatic heterocycles. The van der Waals surface area contributed by atoms with Crippen molar-refractivity contribution in [3.8, 4) is 0 Å². The third kappa shape index (κ3) is 66.9. The second kappa shape index (κ2) is 65.9. The zero-order valence-electron chi connectivity index (χ0n) is 60.8. The number of ether oxygens (including phenoxy) is 4. The Bertz CT molecular complexity index is 1900. The number of aliphatic hydroxyl groups excluding tert-OH is 1. The fourth-order valence-electron chi connectivity index (χ4n) is 10.2. The van der Waals surface area contributed by atoms with Gasteiger partial charge in [-0.1, -0.05) is 282 Å². The average Bonchev–Trinajstić information content (AvgIpc) is 2.28. The molecule has 0 saturated heterocycles. The summed E-state index contributed by atoms with van der Waals surface area (Å²) in [7, 11) is -10.4. The smallest absolute Gasteiger partial charge is 0.756 e. The standard InChI is InChI=1S/C57H110O17P2.C15H24.2Na/c1-5-9-13-17-21-25-29-33-37-41-54(59)67-47-52(73-56(61)43-39-35-31-27-23-19-15-11-7-3)49-71-75(63,64)69-45-51(58)46-70-76(65,66)72-50-53(74-57(62)44-40-36-32-28-24-20-16-12-8-4)48-68-55(60)42-38-34-30-26-22-18-14-10-6-2;1-13-7-5-8-14(2)10-12-15(3,4)11-6-9-13;;/h51-53,58H,5-50H2,1-4H3,(H,63,64)(H,65,66);6-7,10-11H,5,8-9,12H2,1-4H3;;/q;;2*+1/p-2. The van der Waals surface area contributed by atoms with Gasteiger partial charge in [-0.2, -0.15) is 0 Å². The van der Waals surface area contributed by atoms with Gasteiger partial charge < -0.3 is 51.9 Å². The summed E-state index contributed by atoms with van der Waals surface area (Å²) in [6.45, 7) is 13.5. The van der Waals surface area contributed by atoms with Crippen molar-refractivity contribution in [2.75, 3.05) is 39.6 Å². The van der Waals surface area contributed by atoms with Gasteiger partial charge in [0.25, 0.3) is 15.6 Å². The van der Waals surface area contributed by atoms with Crippen molar-refractivity contribution in [3.63, 3.8) is 0 Å². The summed E-state index contributed by atoms with van der Waals surface area (Å²) in [5.74, 6) is -2.24. The van der Waals surface area contributed by atoms with Crippen LogP contribution >= 0.6 is 15.6 Å². The third-order valence-corrected chi connectivity index (χ3v) is 18.0. The molecule has 0 bridgehead atoms. The second-order valence-corrected chi connectivity index (χ2v) is 28.9. The number of allylic oxidation sites excluding steroid dienone is 6. The van der Waals surface area contributed by atoms with E-state index in [1.807, 2.05) is 0 Å². The number of unbranched alkanes of at least 4 members (excludes halogenated alkanes) is 32. The Morgan fingerprint density at radius 1 is 0.441 bits per heavy atom. The van der Waals surface area contributed by atoms with Crippen LogP contribution in [0, 0.1) is 5.41 Å². The first kappa shape index (κ1) is 96.5. The molecule has 0 saturated carbocycles. The first-order chi connectivity index (χ1) is 43.7. The van der Waals surface area contributed by atoms with Crippen LogP contribution in [0.4, 0.5) is 0 Å². The molecule has 0 aromatic heterocycles. The molecule has 1 rings (SSSR count). The summed E-state index contributed by atoms with van der Waals surface area (Å²) < 4.78 is 66.7. The van der Waals surface area contributed by atoms with E-state index >= 15 is 0 Å². The summed E-state index contributed by atoms with van der Waals surface area (Å²) in [5.41, 5.74) is 3.34. The summed E-state index contributed by atoms with van der Waals surface area (Å²) in [4.78, 5) is 76.2. The van der Waals surface area contributed by atoms with E-state index in [9.17, 15) is 43.2 Å². The molecule has 4 atom stereocenters. The zero-order valence-corrected chi connectivity index (χ0v) is 66.6. The molecule has 93 heavy (non-hydrogen) atoms. The average molecular weight is 1380 g/mol. The molecule has 17 nitrogen and oxygen atoms in total. The number of hydrogen-bond acceptors (Lipinski definition) is 17. The molecule has 0 heterocycles. The Kier molecular flexibility index (Phi) is 68.3. The predicted octanol–water partition coefficient (Wildman–Crippen LogP) is 13.0. The van der Waals surface area contributed by atoms with Crippen LogP contribution in [0.5, 0.6) is 0 Å².